The van der Waals surface area contributed by atoms with E-state index in [2.05, 4.69) is 24.0 Å². The first kappa shape index (κ1) is 12.0. The summed E-state index contributed by atoms with van der Waals surface area (Å²) in [5.41, 5.74) is 7.92. The van der Waals surface area contributed by atoms with Crippen LogP contribution >= 0.6 is 0 Å². The van der Waals surface area contributed by atoms with Crippen molar-refractivity contribution in [3.05, 3.63) is 42.1 Å². The Labute approximate surface area is 102 Å². The van der Waals surface area contributed by atoms with Gasteiger partial charge in [0.25, 0.3) is 0 Å². The number of fused-ring (bicyclic) bond motifs is 1. The highest BCUT2D eigenvalue weighted by molar-refractivity contribution is 5.78. The highest BCUT2D eigenvalue weighted by Gasteiger charge is 2.25. The van der Waals surface area contributed by atoms with Gasteiger partial charge in [0, 0.05) is 18.7 Å². The van der Waals surface area contributed by atoms with Crippen LogP contribution in [0.15, 0.2) is 36.5 Å². The molecule has 0 aliphatic heterocycles. The van der Waals surface area contributed by atoms with Gasteiger partial charge in [-0.3, -0.25) is 4.98 Å². The molecule has 90 valence electrons. The Morgan fingerprint density at radius 2 is 2.12 bits per heavy atom. The van der Waals surface area contributed by atoms with Crippen molar-refractivity contribution >= 4 is 10.9 Å². The molecule has 0 amide bonds. The Hall–Kier alpha value is -1.45. The summed E-state index contributed by atoms with van der Waals surface area (Å²) < 4.78 is 5.21. The number of benzene rings is 1. The normalized spacial score (nSPS) is 14.8. The van der Waals surface area contributed by atoms with E-state index < -0.39 is 5.54 Å². The second-order valence-corrected chi connectivity index (χ2v) is 4.36. The van der Waals surface area contributed by atoms with Crippen LogP contribution in [-0.4, -0.2) is 18.7 Å². The van der Waals surface area contributed by atoms with E-state index in [1.807, 2.05) is 24.4 Å². The van der Waals surface area contributed by atoms with Gasteiger partial charge in [-0.05, 0) is 24.1 Å². The van der Waals surface area contributed by atoms with Crippen LogP contribution in [-0.2, 0) is 10.3 Å². The number of para-hydroxylation sites is 1. The van der Waals surface area contributed by atoms with Gasteiger partial charge in [0.1, 0.15) is 0 Å². The van der Waals surface area contributed by atoms with E-state index in [0.29, 0.717) is 6.61 Å². The lowest BCUT2D eigenvalue weighted by molar-refractivity contribution is 0.129. The molecule has 3 nitrogen and oxygen atoms in total. The number of ether oxygens (including phenoxy) is 1. The number of pyridine rings is 1. The van der Waals surface area contributed by atoms with Crippen LogP contribution in [0.3, 0.4) is 0 Å². The van der Waals surface area contributed by atoms with Gasteiger partial charge >= 0.3 is 0 Å². The zero-order valence-corrected chi connectivity index (χ0v) is 10.3. The Morgan fingerprint density at radius 1 is 1.35 bits per heavy atom. The molecule has 2 aromatic rings. The summed E-state index contributed by atoms with van der Waals surface area (Å²) in [5.74, 6) is 0. The van der Waals surface area contributed by atoms with Crippen molar-refractivity contribution < 1.29 is 4.74 Å². The van der Waals surface area contributed by atoms with Crippen molar-refractivity contribution in [2.75, 3.05) is 13.7 Å². The number of nitrogens with two attached hydrogens (primary N) is 1. The van der Waals surface area contributed by atoms with Crippen LogP contribution in [0.2, 0.25) is 0 Å². The minimum absolute atomic E-state index is 0.453. The molecule has 1 unspecified atom stereocenters. The molecule has 2 N–H and O–H groups in total. The zero-order chi connectivity index (χ0) is 12.3. The van der Waals surface area contributed by atoms with Crippen LogP contribution in [0, 0.1) is 0 Å². The average molecular weight is 230 g/mol. The summed E-state index contributed by atoms with van der Waals surface area (Å²) in [6, 6.07) is 10.1. The molecule has 1 heterocycles. The third kappa shape index (κ3) is 2.30. The van der Waals surface area contributed by atoms with Gasteiger partial charge in [0.15, 0.2) is 0 Å². The summed E-state index contributed by atoms with van der Waals surface area (Å²) >= 11 is 0. The van der Waals surface area contributed by atoms with Crippen LogP contribution < -0.4 is 5.73 Å². The van der Waals surface area contributed by atoms with Crippen molar-refractivity contribution in [1.82, 2.24) is 4.98 Å². The van der Waals surface area contributed by atoms with Crippen molar-refractivity contribution in [1.29, 1.82) is 0 Å². The maximum atomic E-state index is 6.36. The molecule has 0 spiro atoms. The Bertz CT molecular complexity index is 512. The minimum Gasteiger partial charge on any atom is -0.382 e. The number of rotatable bonds is 4. The van der Waals surface area contributed by atoms with Crippen molar-refractivity contribution in [2.45, 2.75) is 18.9 Å². The van der Waals surface area contributed by atoms with E-state index >= 15 is 0 Å². The highest BCUT2D eigenvalue weighted by Crippen LogP contribution is 2.24. The predicted octanol–water partition coefficient (Wildman–Crippen LogP) is 2.45. The lowest BCUT2D eigenvalue weighted by atomic mass is 9.89. The van der Waals surface area contributed by atoms with E-state index in [1.54, 1.807) is 7.11 Å². The van der Waals surface area contributed by atoms with Crippen LogP contribution in [0.1, 0.15) is 18.9 Å². The first-order valence-electron chi connectivity index (χ1n) is 5.82. The molecule has 3 heteroatoms. The minimum atomic E-state index is -0.453. The molecule has 1 atom stereocenters. The van der Waals surface area contributed by atoms with Gasteiger partial charge < -0.3 is 10.5 Å². The molecule has 0 saturated carbocycles. The molecular weight excluding hydrogens is 212 g/mol. The van der Waals surface area contributed by atoms with Gasteiger partial charge in [0.2, 0.25) is 0 Å². The molecule has 17 heavy (non-hydrogen) atoms. The van der Waals surface area contributed by atoms with Crippen molar-refractivity contribution in [2.24, 2.45) is 5.73 Å². The molecule has 0 bridgehead atoms. The average Bonchev–Trinajstić information content (AvgIpc) is 2.38. The number of hydrogen-bond donors (Lipinski definition) is 1. The zero-order valence-electron chi connectivity index (χ0n) is 10.3. The van der Waals surface area contributed by atoms with Crippen molar-refractivity contribution in [3.8, 4) is 0 Å². The molecule has 0 saturated heterocycles. The topological polar surface area (TPSA) is 48.1 Å². The maximum Gasteiger partial charge on any atom is 0.0702 e. The Kier molecular flexibility index (Phi) is 3.41. The van der Waals surface area contributed by atoms with Gasteiger partial charge in [-0.25, -0.2) is 0 Å². The molecular formula is C14H18N2O. The Morgan fingerprint density at radius 3 is 2.82 bits per heavy atom. The van der Waals surface area contributed by atoms with E-state index in [9.17, 15) is 0 Å². The maximum absolute atomic E-state index is 6.36. The van der Waals surface area contributed by atoms with E-state index in [-0.39, 0.29) is 0 Å². The number of methoxy groups -OCH3 is 1. The molecule has 1 aromatic carbocycles. The summed E-state index contributed by atoms with van der Waals surface area (Å²) in [6.45, 7) is 2.57. The van der Waals surface area contributed by atoms with Gasteiger partial charge in [-0.2, -0.15) is 0 Å². The summed E-state index contributed by atoms with van der Waals surface area (Å²) in [5, 5.41) is 1.12. The van der Waals surface area contributed by atoms with Crippen LogP contribution in [0.25, 0.3) is 10.9 Å². The van der Waals surface area contributed by atoms with E-state index in [1.165, 1.54) is 0 Å². The predicted molar refractivity (Wildman–Crippen MR) is 69.8 cm³/mol. The van der Waals surface area contributed by atoms with Gasteiger partial charge in [-0.15, -0.1) is 0 Å². The SMILES string of the molecule is CCC(N)(COC)c1cnc2ccccc2c1. The van der Waals surface area contributed by atoms with E-state index in [4.69, 9.17) is 10.5 Å². The molecule has 0 aliphatic rings. The second kappa shape index (κ2) is 4.82. The lowest BCUT2D eigenvalue weighted by Crippen LogP contribution is -2.40. The Balaban J connectivity index is 2.47. The fraction of sp³-hybridized carbons (Fsp3) is 0.357. The lowest BCUT2D eigenvalue weighted by Gasteiger charge is -2.27. The number of aromatic nitrogens is 1. The van der Waals surface area contributed by atoms with Crippen LogP contribution in [0.4, 0.5) is 0 Å². The summed E-state index contributed by atoms with van der Waals surface area (Å²) in [7, 11) is 1.67. The molecule has 0 fully saturated rings. The van der Waals surface area contributed by atoms with Gasteiger partial charge in [-0.1, -0.05) is 25.1 Å². The van der Waals surface area contributed by atoms with Gasteiger partial charge in [0.05, 0.1) is 17.7 Å². The quantitative estimate of drug-likeness (QED) is 0.877. The summed E-state index contributed by atoms with van der Waals surface area (Å²) in [4.78, 5) is 4.44. The molecule has 0 radical (unpaired) electrons. The first-order chi connectivity index (χ1) is 8.19. The second-order valence-electron chi connectivity index (χ2n) is 4.36. The third-order valence-electron chi connectivity index (χ3n) is 3.20. The highest BCUT2D eigenvalue weighted by atomic mass is 16.5. The van der Waals surface area contributed by atoms with Crippen molar-refractivity contribution in [3.63, 3.8) is 0 Å². The van der Waals surface area contributed by atoms with Crippen LogP contribution in [0.5, 0.6) is 0 Å². The first-order valence-corrected chi connectivity index (χ1v) is 5.82. The summed E-state index contributed by atoms with van der Waals surface area (Å²) in [6.07, 6.45) is 2.67. The monoisotopic (exact) mass is 230 g/mol. The fourth-order valence-corrected chi connectivity index (χ4v) is 1.99. The third-order valence-corrected chi connectivity index (χ3v) is 3.20. The number of hydrogen-bond acceptors (Lipinski definition) is 3. The smallest absolute Gasteiger partial charge is 0.0702 e. The van der Waals surface area contributed by atoms with E-state index in [0.717, 1.165) is 22.9 Å². The molecule has 2 rings (SSSR count). The molecule has 0 aliphatic carbocycles. The number of nitrogens with zero attached hydrogens (tertiary/aromatic N) is 1. The molecule has 1 aromatic heterocycles. The largest absolute Gasteiger partial charge is 0.382 e. The fourth-order valence-electron chi connectivity index (χ4n) is 1.99. The standard InChI is InChI=1S/C14H18N2O/c1-3-14(15,10-17-2)12-8-11-6-4-5-7-13(11)16-9-12/h4-9H,3,10,15H2,1-2H3.